The van der Waals surface area contributed by atoms with E-state index in [1.807, 2.05) is 4.98 Å². The van der Waals surface area contributed by atoms with Crippen molar-refractivity contribution in [3.05, 3.63) is 51.2 Å². The molecule has 5 nitrogen and oxygen atoms in total. The van der Waals surface area contributed by atoms with Gasteiger partial charge in [0.2, 0.25) is 0 Å². The zero-order chi connectivity index (χ0) is 14.0. The molecule has 2 aromatic rings. The number of hydrogen-bond acceptors (Lipinski definition) is 3. The summed E-state index contributed by atoms with van der Waals surface area (Å²) in [5.74, 6) is -0.386. The normalized spacial score (nSPS) is 11.3. The molecule has 0 saturated carbocycles. The summed E-state index contributed by atoms with van der Waals surface area (Å²) in [6.07, 6.45) is -4.76. The largest absolute Gasteiger partial charge is 0.573 e. The fourth-order valence-electron chi connectivity index (χ4n) is 1.46. The summed E-state index contributed by atoms with van der Waals surface area (Å²) in [5, 5.41) is 0. The highest BCUT2D eigenvalue weighted by atomic mass is 19.4. The lowest BCUT2D eigenvalue weighted by Crippen LogP contribution is -2.21. The first-order chi connectivity index (χ1) is 8.83. The summed E-state index contributed by atoms with van der Waals surface area (Å²) in [6.45, 7) is 0. The van der Waals surface area contributed by atoms with Gasteiger partial charge < -0.3 is 9.72 Å². The Bertz CT molecular complexity index is 658. The predicted molar refractivity (Wildman–Crippen MR) is 59.8 cm³/mol. The smallest absolute Gasteiger partial charge is 0.406 e. The van der Waals surface area contributed by atoms with Gasteiger partial charge in [0.15, 0.2) is 0 Å². The second-order valence-corrected chi connectivity index (χ2v) is 3.57. The van der Waals surface area contributed by atoms with E-state index in [-0.39, 0.29) is 11.4 Å². The summed E-state index contributed by atoms with van der Waals surface area (Å²) in [4.78, 5) is 26.5. The fraction of sp³-hybridized carbons (Fsp3) is 0.0909. The van der Waals surface area contributed by atoms with Gasteiger partial charge in [-0.2, -0.15) is 0 Å². The van der Waals surface area contributed by atoms with Crippen molar-refractivity contribution < 1.29 is 17.9 Å². The highest BCUT2D eigenvalue weighted by molar-refractivity contribution is 5.59. The molecule has 19 heavy (non-hydrogen) atoms. The molecule has 100 valence electrons. The van der Waals surface area contributed by atoms with Crippen LogP contribution in [-0.4, -0.2) is 16.3 Å². The van der Waals surface area contributed by atoms with E-state index in [4.69, 9.17) is 0 Å². The summed E-state index contributed by atoms with van der Waals surface area (Å²) >= 11 is 0. The topological polar surface area (TPSA) is 75.0 Å². The molecule has 0 spiro atoms. The number of benzene rings is 1. The molecular formula is C11H7F3N2O3. The first kappa shape index (κ1) is 12.9. The predicted octanol–water partition coefficient (Wildman–Crippen LogP) is 1.63. The van der Waals surface area contributed by atoms with E-state index < -0.39 is 17.6 Å². The zero-order valence-electron chi connectivity index (χ0n) is 9.25. The van der Waals surface area contributed by atoms with Crippen molar-refractivity contribution in [2.75, 3.05) is 0 Å². The molecule has 0 saturated heterocycles. The molecule has 0 aliphatic heterocycles. The molecule has 1 aromatic heterocycles. The van der Waals surface area contributed by atoms with Gasteiger partial charge in [0.1, 0.15) is 5.75 Å². The van der Waals surface area contributed by atoms with Crippen LogP contribution in [0.2, 0.25) is 0 Å². The van der Waals surface area contributed by atoms with E-state index in [1.54, 1.807) is 0 Å². The van der Waals surface area contributed by atoms with E-state index in [9.17, 15) is 22.8 Å². The fourth-order valence-corrected chi connectivity index (χ4v) is 1.46. The Balaban J connectivity index is 2.32. The third-order valence-corrected chi connectivity index (χ3v) is 2.16. The third-order valence-electron chi connectivity index (χ3n) is 2.16. The molecule has 2 N–H and O–H groups in total. The van der Waals surface area contributed by atoms with Crippen molar-refractivity contribution in [1.29, 1.82) is 0 Å². The van der Waals surface area contributed by atoms with Crippen molar-refractivity contribution in [3.63, 3.8) is 0 Å². The minimum Gasteiger partial charge on any atom is -0.406 e. The maximum atomic E-state index is 12.0. The second-order valence-electron chi connectivity index (χ2n) is 3.57. The highest BCUT2D eigenvalue weighted by Gasteiger charge is 2.30. The van der Waals surface area contributed by atoms with Crippen LogP contribution < -0.4 is 16.0 Å². The van der Waals surface area contributed by atoms with Crippen LogP contribution in [0.3, 0.4) is 0 Å². The maximum Gasteiger partial charge on any atom is 0.573 e. The number of hydrogen-bond donors (Lipinski definition) is 2. The molecule has 0 bridgehead atoms. The SMILES string of the molecule is O=c1cc(-c2ccc(OC(F)(F)F)cc2)[nH]c(=O)[nH]1. The number of H-pyrrole nitrogens is 2. The molecule has 0 atom stereocenters. The standard InChI is InChI=1S/C11H7F3N2O3/c12-11(13,14)19-7-3-1-6(2-4-7)8-5-9(17)16-10(18)15-8/h1-5H,(H2,15,16,17,18). The first-order valence-corrected chi connectivity index (χ1v) is 5.03. The number of halogens is 3. The number of aromatic amines is 2. The van der Waals surface area contributed by atoms with Crippen LogP contribution in [0, 0.1) is 0 Å². The van der Waals surface area contributed by atoms with E-state index in [0.29, 0.717) is 5.56 Å². The lowest BCUT2D eigenvalue weighted by molar-refractivity contribution is -0.274. The van der Waals surface area contributed by atoms with Crippen LogP contribution in [0.4, 0.5) is 13.2 Å². The Kier molecular flexibility index (Phi) is 3.16. The van der Waals surface area contributed by atoms with Crippen LogP contribution in [0.25, 0.3) is 11.3 Å². The number of rotatable bonds is 2. The van der Waals surface area contributed by atoms with Crippen LogP contribution in [0.15, 0.2) is 39.9 Å². The Morgan fingerprint density at radius 1 is 1.00 bits per heavy atom. The van der Waals surface area contributed by atoms with Crippen molar-refractivity contribution in [2.45, 2.75) is 6.36 Å². The van der Waals surface area contributed by atoms with Gasteiger partial charge in [-0.1, -0.05) is 0 Å². The van der Waals surface area contributed by atoms with Gasteiger partial charge >= 0.3 is 12.1 Å². The van der Waals surface area contributed by atoms with Crippen LogP contribution in [0.5, 0.6) is 5.75 Å². The summed E-state index contributed by atoms with van der Waals surface area (Å²) in [6, 6.07) is 5.89. The molecule has 8 heteroatoms. The van der Waals surface area contributed by atoms with E-state index in [0.717, 1.165) is 18.2 Å². The van der Waals surface area contributed by atoms with Gasteiger partial charge in [-0.05, 0) is 29.8 Å². The number of nitrogens with one attached hydrogen (secondary N) is 2. The van der Waals surface area contributed by atoms with Gasteiger partial charge in [-0.15, -0.1) is 13.2 Å². The Morgan fingerprint density at radius 2 is 1.63 bits per heavy atom. The first-order valence-electron chi connectivity index (χ1n) is 5.03. The summed E-state index contributed by atoms with van der Waals surface area (Å²) < 4.78 is 39.6. The van der Waals surface area contributed by atoms with E-state index in [2.05, 4.69) is 9.72 Å². The quantitative estimate of drug-likeness (QED) is 0.872. The van der Waals surface area contributed by atoms with Crippen LogP contribution >= 0.6 is 0 Å². The molecule has 0 unspecified atom stereocenters. The molecule has 0 aliphatic carbocycles. The number of alkyl halides is 3. The maximum absolute atomic E-state index is 12.0. The van der Waals surface area contributed by atoms with Crippen molar-refractivity contribution in [2.24, 2.45) is 0 Å². The molecule has 0 amide bonds. The lowest BCUT2D eigenvalue weighted by Gasteiger charge is -2.09. The highest BCUT2D eigenvalue weighted by Crippen LogP contribution is 2.24. The van der Waals surface area contributed by atoms with E-state index in [1.165, 1.54) is 12.1 Å². The lowest BCUT2D eigenvalue weighted by atomic mass is 10.1. The number of ether oxygens (including phenoxy) is 1. The summed E-state index contributed by atoms with van der Waals surface area (Å²) in [7, 11) is 0. The van der Waals surface area contributed by atoms with E-state index >= 15 is 0 Å². The number of aromatic nitrogens is 2. The van der Waals surface area contributed by atoms with Gasteiger partial charge in [-0.3, -0.25) is 9.78 Å². The molecular weight excluding hydrogens is 265 g/mol. The van der Waals surface area contributed by atoms with Gasteiger partial charge in [-0.25, -0.2) is 4.79 Å². The minimum atomic E-state index is -4.76. The van der Waals surface area contributed by atoms with Crippen molar-refractivity contribution >= 4 is 0 Å². The Labute approximate surface area is 103 Å². The van der Waals surface area contributed by atoms with Crippen LogP contribution in [0.1, 0.15) is 0 Å². The third kappa shape index (κ3) is 3.47. The zero-order valence-corrected chi connectivity index (χ0v) is 9.25. The molecule has 0 aliphatic rings. The van der Waals surface area contributed by atoms with Gasteiger partial charge in [0.05, 0.1) is 5.69 Å². The molecule has 1 aromatic carbocycles. The molecule has 0 radical (unpaired) electrons. The molecule has 1 heterocycles. The van der Waals surface area contributed by atoms with Gasteiger partial charge in [0.25, 0.3) is 5.56 Å². The van der Waals surface area contributed by atoms with Crippen molar-refractivity contribution in [3.8, 4) is 17.0 Å². The monoisotopic (exact) mass is 272 g/mol. The van der Waals surface area contributed by atoms with Crippen LogP contribution in [-0.2, 0) is 0 Å². The second kappa shape index (κ2) is 4.63. The summed E-state index contributed by atoms with van der Waals surface area (Å²) in [5.41, 5.74) is -0.711. The van der Waals surface area contributed by atoms with Crippen molar-refractivity contribution in [1.82, 2.24) is 9.97 Å². The Hall–Kier alpha value is -2.51. The average molecular weight is 272 g/mol. The average Bonchev–Trinajstić information content (AvgIpc) is 2.26. The van der Waals surface area contributed by atoms with Gasteiger partial charge in [0, 0.05) is 6.07 Å². The minimum absolute atomic E-state index is 0.201. The molecule has 2 rings (SSSR count). The molecule has 0 fully saturated rings. The Morgan fingerprint density at radius 3 is 2.16 bits per heavy atom.